The molecule has 0 radical (unpaired) electrons. The number of rotatable bonds is 16. The molecule has 288 valence electrons. The first-order valence-electron chi connectivity index (χ1n) is 17.6. The summed E-state index contributed by atoms with van der Waals surface area (Å²) in [7, 11) is 6.56. The second-order valence-corrected chi connectivity index (χ2v) is 16.8. The fraction of sp³-hybridized carbons (Fsp3) is 0.333. The molecular weight excluding hydrogens is 743 g/mol. The van der Waals surface area contributed by atoms with E-state index in [0.717, 1.165) is 22.4 Å². The number of benzene rings is 3. The first-order chi connectivity index (χ1) is 26.3. The zero-order valence-corrected chi connectivity index (χ0v) is 32.6. The fourth-order valence-corrected chi connectivity index (χ4v) is 8.94. The summed E-state index contributed by atoms with van der Waals surface area (Å²) in [4.78, 5) is 61.1. The van der Waals surface area contributed by atoms with Crippen LogP contribution in [0.3, 0.4) is 0 Å². The summed E-state index contributed by atoms with van der Waals surface area (Å²) in [6.45, 7) is 5.00. The van der Waals surface area contributed by atoms with E-state index in [4.69, 9.17) is 20.3 Å². The number of nitrogen functional groups attached to an aromatic ring is 1. The van der Waals surface area contributed by atoms with Crippen molar-refractivity contribution in [3.8, 4) is 11.5 Å². The van der Waals surface area contributed by atoms with E-state index in [1.54, 1.807) is 80.8 Å². The third-order valence-electron chi connectivity index (χ3n) is 9.08. The number of methoxy groups -OCH3 is 1. The van der Waals surface area contributed by atoms with Crippen molar-refractivity contribution in [2.45, 2.75) is 56.2 Å². The van der Waals surface area contributed by atoms with Gasteiger partial charge in [0.2, 0.25) is 5.82 Å². The van der Waals surface area contributed by atoms with Gasteiger partial charge in [-0.15, -0.1) is 0 Å². The second-order valence-electron chi connectivity index (χ2n) is 13.8. The lowest BCUT2D eigenvalue weighted by Gasteiger charge is -2.24. The van der Waals surface area contributed by atoms with Gasteiger partial charge in [0, 0.05) is 73.2 Å². The number of imidazole rings is 1. The topological polar surface area (TPSA) is 190 Å². The molecule has 3 aromatic carbocycles. The van der Waals surface area contributed by atoms with Gasteiger partial charge in [0.15, 0.2) is 11.5 Å². The maximum absolute atomic E-state index is 14.0. The highest BCUT2D eigenvalue weighted by Crippen LogP contribution is 2.44. The number of amides is 3. The maximum atomic E-state index is 14.0. The minimum Gasteiger partial charge on any atom is -0.493 e. The van der Waals surface area contributed by atoms with E-state index in [1.807, 2.05) is 18.2 Å². The molecule has 0 unspecified atom stereocenters. The SMILES string of the molecule is COc1cc2c(cc1OCCCC(=O)O)N=C[C@@H]1Cc3c(CSSC(C)(C)CNC(=O)c4cccc(CNC(=O)c5nc(N)cn5C)c4)cccc3N1C2=O. The molecule has 4 aromatic rings. The number of carboxylic acids is 1. The monoisotopic (exact) mass is 785 g/mol. The summed E-state index contributed by atoms with van der Waals surface area (Å²) in [6, 6.07) is 16.2. The van der Waals surface area contributed by atoms with Crippen LogP contribution in [0, 0.1) is 0 Å². The van der Waals surface area contributed by atoms with Crippen LogP contribution in [0.25, 0.3) is 0 Å². The van der Waals surface area contributed by atoms with Crippen molar-refractivity contribution in [2.24, 2.45) is 12.0 Å². The Labute approximate surface area is 326 Å². The zero-order chi connectivity index (χ0) is 39.3. The van der Waals surface area contributed by atoms with Crippen molar-refractivity contribution in [3.63, 3.8) is 0 Å². The fourth-order valence-electron chi connectivity index (χ4n) is 6.34. The molecule has 3 heterocycles. The molecule has 2 aliphatic rings. The Balaban J connectivity index is 1.03. The van der Waals surface area contributed by atoms with Crippen LogP contribution < -0.4 is 30.7 Å². The molecule has 0 saturated heterocycles. The van der Waals surface area contributed by atoms with Gasteiger partial charge in [0.1, 0.15) is 5.82 Å². The van der Waals surface area contributed by atoms with E-state index < -0.39 is 5.97 Å². The number of carbonyl (C=O) groups is 4. The summed E-state index contributed by atoms with van der Waals surface area (Å²) in [5.41, 5.74) is 10.9. The smallest absolute Gasteiger partial charge is 0.303 e. The molecule has 3 amide bonds. The van der Waals surface area contributed by atoms with Crippen molar-refractivity contribution in [1.82, 2.24) is 20.2 Å². The van der Waals surface area contributed by atoms with E-state index in [-0.39, 0.29) is 59.7 Å². The number of aliphatic carboxylic acids is 1. The molecule has 0 spiro atoms. The summed E-state index contributed by atoms with van der Waals surface area (Å²) in [6.07, 6.45) is 4.31. The Morgan fingerprint density at radius 3 is 2.62 bits per heavy atom. The third-order valence-corrected chi connectivity index (χ3v) is 12.3. The van der Waals surface area contributed by atoms with Crippen molar-refractivity contribution in [1.29, 1.82) is 0 Å². The van der Waals surface area contributed by atoms with Crippen LogP contribution >= 0.6 is 21.6 Å². The molecular formula is C39H43N7O7S2. The number of carboxylic acid groups (broad SMARTS) is 1. The summed E-state index contributed by atoms with van der Waals surface area (Å²) >= 11 is 0. The van der Waals surface area contributed by atoms with E-state index >= 15 is 0 Å². The molecule has 0 bridgehead atoms. The van der Waals surface area contributed by atoms with Crippen molar-refractivity contribution < 1.29 is 33.8 Å². The number of anilines is 2. The zero-order valence-electron chi connectivity index (χ0n) is 31.0. The predicted octanol–water partition coefficient (Wildman–Crippen LogP) is 5.56. The van der Waals surface area contributed by atoms with Crippen molar-refractivity contribution in [3.05, 3.63) is 94.4 Å². The Kier molecular flexibility index (Phi) is 12.1. The number of nitrogens with one attached hydrogen (secondary N) is 2. The molecule has 0 saturated carbocycles. The number of carbonyl (C=O) groups excluding carboxylic acids is 3. The van der Waals surface area contributed by atoms with Gasteiger partial charge in [-0.25, -0.2) is 4.98 Å². The van der Waals surface area contributed by atoms with E-state index in [0.29, 0.717) is 53.5 Å². The van der Waals surface area contributed by atoms with Crippen LogP contribution in [0.15, 0.2) is 65.8 Å². The van der Waals surface area contributed by atoms with Gasteiger partial charge in [-0.05, 0) is 61.2 Å². The standard InChI is InChI=1S/C39H43N7O7S2/c1-39(2,22-43-36(49)24-9-5-8-23(14-24)18-42-37(50)35-44-33(40)20-45(35)3)55-54-21-25-10-6-11-30-27(25)15-26-19-41-29-17-32(53-13-7-12-34(47)48)31(52-4)16-28(29)38(51)46(26)30/h5-6,8-11,14,16-17,19-20,26H,7,12-13,15,18,21-22,40H2,1-4H3,(H,42,50)(H,43,49)(H,47,48)/t26-/m0/s1. The van der Waals surface area contributed by atoms with E-state index in [9.17, 15) is 19.2 Å². The first kappa shape index (κ1) is 39.2. The highest BCUT2D eigenvalue weighted by molar-refractivity contribution is 8.76. The summed E-state index contributed by atoms with van der Waals surface area (Å²) < 4.78 is 12.6. The minimum absolute atomic E-state index is 0.0119. The number of hydrogen-bond acceptors (Lipinski definition) is 11. The molecule has 55 heavy (non-hydrogen) atoms. The van der Waals surface area contributed by atoms with E-state index in [1.165, 1.54) is 7.11 Å². The number of aryl methyl sites for hydroxylation is 1. The van der Waals surface area contributed by atoms with Gasteiger partial charge < -0.3 is 35.5 Å². The van der Waals surface area contributed by atoms with Crippen LogP contribution in [0.2, 0.25) is 0 Å². The number of ether oxygens (including phenoxy) is 2. The van der Waals surface area contributed by atoms with Crippen LogP contribution in [0.1, 0.15) is 74.7 Å². The van der Waals surface area contributed by atoms with Crippen LogP contribution in [0.5, 0.6) is 11.5 Å². The van der Waals surface area contributed by atoms with Gasteiger partial charge >= 0.3 is 5.97 Å². The lowest BCUT2D eigenvalue weighted by atomic mass is 10.0. The largest absolute Gasteiger partial charge is 0.493 e. The van der Waals surface area contributed by atoms with Gasteiger partial charge in [0.25, 0.3) is 17.7 Å². The number of aliphatic imine (C=N–C) groups is 1. The lowest BCUT2D eigenvalue weighted by Crippen LogP contribution is -2.37. The lowest BCUT2D eigenvalue weighted by molar-refractivity contribution is -0.137. The highest BCUT2D eigenvalue weighted by Gasteiger charge is 2.38. The average molecular weight is 786 g/mol. The molecule has 5 N–H and O–H groups in total. The van der Waals surface area contributed by atoms with Crippen molar-refractivity contribution in [2.75, 3.05) is 30.9 Å². The molecule has 1 atom stereocenters. The van der Waals surface area contributed by atoms with Crippen LogP contribution in [-0.2, 0) is 30.6 Å². The molecule has 14 nitrogen and oxygen atoms in total. The number of nitrogens with two attached hydrogens (primary N) is 1. The number of nitrogens with zero attached hydrogens (tertiary/aromatic N) is 4. The van der Waals surface area contributed by atoms with Gasteiger partial charge in [-0.3, -0.25) is 29.1 Å². The Hall–Kier alpha value is -5.48. The summed E-state index contributed by atoms with van der Waals surface area (Å²) in [5.74, 6) is 0.297. The quantitative estimate of drug-likeness (QED) is 0.0822. The molecule has 1 aromatic heterocycles. The van der Waals surface area contributed by atoms with Crippen LogP contribution in [0.4, 0.5) is 17.2 Å². The third kappa shape index (κ3) is 9.25. The molecule has 2 aliphatic heterocycles. The maximum Gasteiger partial charge on any atom is 0.303 e. The Bertz CT molecular complexity index is 2150. The molecule has 16 heteroatoms. The minimum atomic E-state index is -0.894. The predicted molar refractivity (Wildman–Crippen MR) is 215 cm³/mol. The normalized spacial score (nSPS) is 14.4. The van der Waals surface area contributed by atoms with Crippen LogP contribution in [-0.4, -0.2) is 75.6 Å². The van der Waals surface area contributed by atoms with Crippen molar-refractivity contribution >= 4 is 68.7 Å². The number of aromatic nitrogens is 2. The number of fused-ring (bicyclic) bond motifs is 4. The molecule has 6 rings (SSSR count). The number of hydrogen-bond donors (Lipinski definition) is 4. The van der Waals surface area contributed by atoms with Gasteiger partial charge in [-0.1, -0.05) is 45.9 Å². The molecule has 0 aliphatic carbocycles. The average Bonchev–Trinajstić information content (AvgIpc) is 3.68. The Morgan fingerprint density at radius 2 is 1.87 bits per heavy atom. The molecule has 0 fully saturated rings. The van der Waals surface area contributed by atoms with Gasteiger partial charge in [0.05, 0.1) is 31.0 Å². The summed E-state index contributed by atoms with van der Waals surface area (Å²) in [5, 5.41) is 14.8. The highest BCUT2D eigenvalue weighted by atomic mass is 33.1. The second kappa shape index (κ2) is 16.9. The Morgan fingerprint density at radius 1 is 1.07 bits per heavy atom. The van der Waals surface area contributed by atoms with Gasteiger partial charge in [-0.2, -0.15) is 0 Å². The van der Waals surface area contributed by atoms with E-state index in [2.05, 4.69) is 40.5 Å². The first-order valence-corrected chi connectivity index (χ1v) is 20.0.